The lowest BCUT2D eigenvalue weighted by atomic mass is 10.2. The van der Waals surface area contributed by atoms with Gasteiger partial charge in [-0.15, -0.1) is 0 Å². The van der Waals surface area contributed by atoms with Crippen LogP contribution in [0, 0.1) is 0 Å². The van der Waals surface area contributed by atoms with E-state index in [-0.39, 0.29) is 19.6 Å². The lowest BCUT2D eigenvalue weighted by Crippen LogP contribution is -2.45. The predicted octanol–water partition coefficient (Wildman–Crippen LogP) is -0.399. The summed E-state index contributed by atoms with van der Waals surface area (Å²) in [4.78, 5) is 48.5. The zero-order chi connectivity index (χ0) is 18.2. The predicted molar refractivity (Wildman–Crippen MR) is 81.5 cm³/mol. The van der Waals surface area contributed by atoms with Crippen molar-refractivity contribution < 1.29 is 28.7 Å². The van der Waals surface area contributed by atoms with Gasteiger partial charge in [-0.1, -0.05) is 0 Å². The number of hydrogen-bond acceptors (Lipinski definition) is 6. The van der Waals surface area contributed by atoms with Crippen LogP contribution in [-0.4, -0.2) is 80.1 Å². The molecule has 0 aromatic rings. The van der Waals surface area contributed by atoms with Crippen molar-refractivity contribution in [3.8, 4) is 0 Å². The van der Waals surface area contributed by atoms with Gasteiger partial charge in [0, 0.05) is 14.1 Å². The van der Waals surface area contributed by atoms with E-state index in [1.54, 1.807) is 20.8 Å². The van der Waals surface area contributed by atoms with Crippen LogP contribution in [0.3, 0.4) is 0 Å². The second-order valence-electron chi connectivity index (χ2n) is 5.93. The Labute approximate surface area is 135 Å². The SMILES string of the molecule is COC(=O)CN(C)C(=O)CN(C)C(=O)CNC(=O)OC(C)(C)C. The van der Waals surface area contributed by atoms with Gasteiger partial charge in [-0.2, -0.15) is 0 Å². The Kier molecular flexibility index (Phi) is 8.06. The van der Waals surface area contributed by atoms with Crippen molar-refractivity contribution in [2.75, 3.05) is 40.8 Å². The molecule has 23 heavy (non-hydrogen) atoms. The first kappa shape index (κ1) is 20.7. The Morgan fingerprint density at radius 3 is 1.96 bits per heavy atom. The molecule has 1 N–H and O–H groups in total. The van der Waals surface area contributed by atoms with E-state index in [4.69, 9.17) is 4.74 Å². The van der Waals surface area contributed by atoms with Crippen molar-refractivity contribution in [2.24, 2.45) is 0 Å². The summed E-state index contributed by atoms with van der Waals surface area (Å²) in [6.45, 7) is 4.40. The number of nitrogens with zero attached hydrogens (tertiary/aromatic N) is 2. The van der Waals surface area contributed by atoms with Crippen molar-refractivity contribution in [1.29, 1.82) is 0 Å². The van der Waals surface area contributed by atoms with Gasteiger partial charge in [-0.25, -0.2) is 4.79 Å². The van der Waals surface area contributed by atoms with Crippen LogP contribution in [0.25, 0.3) is 0 Å². The largest absolute Gasteiger partial charge is 0.468 e. The summed E-state index contributed by atoms with van der Waals surface area (Å²) in [5.74, 6) is -1.44. The number of nitrogens with one attached hydrogen (secondary N) is 1. The Bertz CT molecular complexity index is 458. The third-order valence-corrected chi connectivity index (χ3v) is 2.60. The molecule has 0 atom stereocenters. The molecule has 0 fully saturated rings. The first-order chi connectivity index (χ1) is 10.5. The molecule has 0 spiro atoms. The minimum atomic E-state index is -0.714. The van der Waals surface area contributed by atoms with Crippen LogP contribution in [-0.2, 0) is 23.9 Å². The highest BCUT2D eigenvalue weighted by Gasteiger charge is 2.20. The van der Waals surface area contributed by atoms with E-state index in [0.29, 0.717) is 0 Å². The smallest absolute Gasteiger partial charge is 0.408 e. The molecule has 132 valence electrons. The van der Waals surface area contributed by atoms with Gasteiger partial charge in [0.1, 0.15) is 18.7 Å². The summed E-state index contributed by atoms with van der Waals surface area (Å²) in [6.07, 6.45) is -0.714. The highest BCUT2D eigenvalue weighted by molar-refractivity contribution is 5.88. The molecule has 0 aromatic carbocycles. The fourth-order valence-electron chi connectivity index (χ4n) is 1.36. The minimum Gasteiger partial charge on any atom is -0.468 e. The van der Waals surface area contributed by atoms with Crippen molar-refractivity contribution in [3.63, 3.8) is 0 Å². The number of rotatable bonds is 6. The van der Waals surface area contributed by atoms with E-state index in [9.17, 15) is 19.2 Å². The van der Waals surface area contributed by atoms with Crippen LogP contribution < -0.4 is 5.32 Å². The maximum atomic E-state index is 11.8. The number of carbonyl (C=O) groups excluding carboxylic acids is 4. The molecular weight excluding hydrogens is 306 g/mol. The lowest BCUT2D eigenvalue weighted by molar-refractivity contribution is -0.147. The summed E-state index contributed by atoms with van der Waals surface area (Å²) < 4.78 is 9.45. The van der Waals surface area contributed by atoms with Gasteiger partial charge in [0.2, 0.25) is 11.8 Å². The lowest BCUT2D eigenvalue weighted by Gasteiger charge is -2.22. The Morgan fingerprint density at radius 1 is 0.957 bits per heavy atom. The van der Waals surface area contributed by atoms with Crippen LogP contribution in [0.1, 0.15) is 20.8 Å². The molecule has 0 saturated heterocycles. The maximum Gasteiger partial charge on any atom is 0.408 e. The molecule has 0 unspecified atom stereocenters. The third-order valence-electron chi connectivity index (χ3n) is 2.60. The molecule has 0 aliphatic carbocycles. The maximum absolute atomic E-state index is 11.8. The number of likely N-dealkylation sites (N-methyl/N-ethyl adjacent to an activating group) is 2. The third kappa shape index (κ3) is 9.33. The Hall–Kier alpha value is -2.32. The first-order valence-electron chi connectivity index (χ1n) is 6.98. The highest BCUT2D eigenvalue weighted by atomic mass is 16.6. The molecule has 0 bridgehead atoms. The first-order valence-corrected chi connectivity index (χ1v) is 6.98. The van der Waals surface area contributed by atoms with Gasteiger partial charge in [0.25, 0.3) is 0 Å². The average Bonchev–Trinajstić information content (AvgIpc) is 2.42. The Morgan fingerprint density at radius 2 is 1.48 bits per heavy atom. The summed E-state index contributed by atoms with van der Waals surface area (Å²) in [5, 5.41) is 2.31. The molecular formula is C14H25N3O6. The fraction of sp³-hybridized carbons (Fsp3) is 0.714. The second-order valence-corrected chi connectivity index (χ2v) is 5.93. The summed E-state index contributed by atoms with van der Waals surface area (Å²) in [5.41, 5.74) is -0.661. The summed E-state index contributed by atoms with van der Waals surface area (Å²) in [7, 11) is 4.07. The summed E-state index contributed by atoms with van der Waals surface area (Å²) in [6, 6.07) is 0. The van der Waals surface area contributed by atoms with Gasteiger partial charge < -0.3 is 24.6 Å². The number of methoxy groups -OCH3 is 1. The van der Waals surface area contributed by atoms with E-state index in [2.05, 4.69) is 10.1 Å². The summed E-state index contributed by atoms with van der Waals surface area (Å²) >= 11 is 0. The molecule has 0 rings (SSSR count). The standard InChI is InChI=1S/C14H25N3O6/c1-14(2,3)23-13(21)15-7-10(18)16(4)8-11(19)17(5)9-12(20)22-6/h7-9H2,1-6H3,(H,15,21). The van der Waals surface area contributed by atoms with Crippen LogP contribution in [0.15, 0.2) is 0 Å². The quantitative estimate of drug-likeness (QED) is 0.664. The van der Waals surface area contributed by atoms with E-state index >= 15 is 0 Å². The number of ether oxygens (including phenoxy) is 2. The second kappa shape index (κ2) is 8.96. The van der Waals surface area contributed by atoms with Crippen molar-refractivity contribution in [2.45, 2.75) is 26.4 Å². The topological polar surface area (TPSA) is 105 Å². The Balaban J connectivity index is 4.27. The van der Waals surface area contributed by atoms with E-state index in [1.165, 1.54) is 21.2 Å². The zero-order valence-electron chi connectivity index (χ0n) is 14.5. The highest BCUT2D eigenvalue weighted by Crippen LogP contribution is 2.06. The number of alkyl carbamates (subject to hydrolysis) is 1. The van der Waals surface area contributed by atoms with Crippen LogP contribution in [0.5, 0.6) is 0 Å². The van der Waals surface area contributed by atoms with Gasteiger partial charge in [0.15, 0.2) is 0 Å². The molecule has 0 aromatic heterocycles. The molecule has 0 radical (unpaired) electrons. The van der Waals surface area contributed by atoms with Crippen molar-refractivity contribution >= 4 is 23.9 Å². The number of hydrogen-bond donors (Lipinski definition) is 1. The molecule has 0 aliphatic rings. The molecule has 0 aliphatic heterocycles. The van der Waals surface area contributed by atoms with Gasteiger partial charge in [0.05, 0.1) is 13.7 Å². The number of esters is 1. The van der Waals surface area contributed by atoms with Gasteiger partial charge >= 0.3 is 12.1 Å². The van der Waals surface area contributed by atoms with Crippen LogP contribution in [0.4, 0.5) is 4.79 Å². The monoisotopic (exact) mass is 331 g/mol. The minimum absolute atomic E-state index is 0.201. The number of carbonyl (C=O) groups is 4. The van der Waals surface area contributed by atoms with Crippen LogP contribution in [0.2, 0.25) is 0 Å². The van der Waals surface area contributed by atoms with Crippen molar-refractivity contribution in [3.05, 3.63) is 0 Å². The zero-order valence-corrected chi connectivity index (χ0v) is 14.5. The van der Waals surface area contributed by atoms with Crippen molar-refractivity contribution in [1.82, 2.24) is 15.1 Å². The van der Waals surface area contributed by atoms with E-state index in [1.807, 2.05) is 0 Å². The van der Waals surface area contributed by atoms with E-state index in [0.717, 1.165) is 9.80 Å². The van der Waals surface area contributed by atoms with Crippen LogP contribution >= 0.6 is 0 Å². The van der Waals surface area contributed by atoms with E-state index < -0.39 is 29.5 Å². The molecule has 3 amide bonds. The molecule has 9 heteroatoms. The molecule has 0 saturated carbocycles. The van der Waals surface area contributed by atoms with Gasteiger partial charge in [-0.05, 0) is 20.8 Å². The fourth-order valence-corrected chi connectivity index (χ4v) is 1.36. The average molecular weight is 331 g/mol. The molecule has 9 nitrogen and oxygen atoms in total. The molecule has 0 heterocycles. The normalized spacial score (nSPS) is 10.5. The van der Waals surface area contributed by atoms with Gasteiger partial charge in [-0.3, -0.25) is 14.4 Å². The number of amides is 3.